The summed E-state index contributed by atoms with van der Waals surface area (Å²) in [6, 6.07) is 0. The van der Waals surface area contributed by atoms with Crippen LogP contribution in [0.15, 0.2) is 0 Å². The fourth-order valence-corrected chi connectivity index (χ4v) is 2.63. The third-order valence-corrected chi connectivity index (χ3v) is 4.25. The van der Waals surface area contributed by atoms with Crippen LogP contribution in [0.2, 0.25) is 0 Å². The zero-order valence-electron chi connectivity index (χ0n) is 16.1. The molecule has 0 amide bonds. The van der Waals surface area contributed by atoms with E-state index in [4.69, 9.17) is 0 Å². The van der Waals surface area contributed by atoms with Crippen molar-refractivity contribution in [1.82, 2.24) is 15.0 Å². The lowest BCUT2D eigenvalue weighted by Crippen LogP contribution is -2.66. The Balaban J connectivity index is 4.60. The van der Waals surface area contributed by atoms with Gasteiger partial charge in [-0.25, -0.2) is 4.98 Å². The van der Waals surface area contributed by atoms with Gasteiger partial charge in [0.05, 0.1) is 0 Å². The van der Waals surface area contributed by atoms with Gasteiger partial charge >= 0.3 is 47.9 Å². The standard InChI is InChI=1S/C13H6F18N4/c1-35(2)5-33-3(6(8(14,15)16,9(17,18)19)10(20,21)22)32-4(34-5)7(11(23,24)25,12(26,27)28)13(29,30)31/h1-2H3. The zero-order chi connectivity index (χ0) is 28.4. The Bertz CT molecular complexity index is 773. The first-order chi connectivity index (χ1) is 15.0. The summed E-state index contributed by atoms with van der Waals surface area (Å²) in [5.41, 5.74) is -14.9. The molecule has 0 saturated heterocycles. The third-order valence-electron chi connectivity index (χ3n) is 4.25. The summed E-state index contributed by atoms with van der Waals surface area (Å²) in [6.45, 7) is 0. The summed E-state index contributed by atoms with van der Waals surface area (Å²) in [6.07, 6.45) is -46.1. The van der Waals surface area contributed by atoms with Gasteiger partial charge < -0.3 is 4.90 Å². The number of hydrogen-bond donors (Lipinski definition) is 0. The van der Waals surface area contributed by atoms with Crippen LogP contribution >= 0.6 is 0 Å². The summed E-state index contributed by atoms with van der Waals surface area (Å²) in [5, 5.41) is 0. The summed E-state index contributed by atoms with van der Waals surface area (Å²) in [5.74, 6) is -10.2. The first kappa shape index (κ1) is 30.6. The van der Waals surface area contributed by atoms with Gasteiger partial charge in [0.25, 0.3) is 0 Å². The van der Waals surface area contributed by atoms with E-state index in [2.05, 4.69) is 0 Å². The van der Waals surface area contributed by atoms with Crippen molar-refractivity contribution in [1.29, 1.82) is 0 Å². The lowest BCUT2D eigenvalue weighted by molar-refractivity contribution is -0.391. The lowest BCUT2D eigenvalue weighted by Gasteiger charge is -2.39. The molecule has 0 aliphatic rings. The van der Waals surface area contributed by atoms with Crippen molar-refractivity contribution in [2.45, 2.75) is 47.9 Å². The molecule has 1 rings (SSSR count). The molecule has 4 nitrogen and oxygen atoms in total. The summed E-state index contributed by atoms with van der Waals surface area (Å²) in [4.78, 5) is 5.15. The summed E-state index contributed by atoms with van der Waals surface area (Å²) < 4.78 is 239. The Morgan fingerprint density at radius 2 is 0.600 bits per heavy atom. The second-order valence-electron chi connectivity index (χ2n) is 6.66. The SMILES string of the molecule is CN(C)c1nc(C(C(F)(F)F)(C(F)(F)F)C(F)(F)F)nc(C(C(F)(F)F)(C(F)(F)F)C(F)(F)F)n1. The molecule has 0 radical (unpaired) electrons. The highest BCUT2D eigenvalue weighted by molar-refractivity contribution is 5.35. The molecule has 1 aromatic heterocycles. The molecule has 0 saturated carbocycles. The predicted molar refractivity (Wildman–Crippen MR) is 73.8 cm³/mol. The molecule has 22 heteroatoms. The van der Waals surface area contributed by atoms with E-state index in [0.29, 0.717) is 14.1 Å². The van der Waals surface area contributed by atoms with Crippen molar-refractivity contribution < 1.29 is 79.0 Å². The van der Waals surface area contributed by atoms with Crippen LogP contribution in [0.25, 0.3) is 0 Å². The molecule has 35 heavy (non-hydrogen) atoms. The van der Waals surface area contributed by atoms with Gasteiger partial charge in [-0.2, -0.15) is 89.0 Å². The molecule has 0 spiro atoms. The average Bonchev–Trinajstić information content (AvgIpc) is 2.46. The molecule has 0 N–H and O–H groups in total. The van der Waals surface area contributed by atoms with Crippen molar-refractivity contribution in [3.8, 4) is 0 Å². The lowest BCUT2D eigenvalue weighted by atomic mass is 9.82. The zero-order valence-corrected chi connectivity index (χ0v) is 16.1. The number of alkyl halides is 18. The molecule has 0 aliphatic carbocycles. The molecule has 0 aliphatic heterocycles. The fraction of sp³-hybridized carbons (Fsp3) is 0.769. The molecule has 0 aromatic carbocycles. The smallest absolute Gasteiger partial charge is 0.347 e. The number of rotatable bonds is 3. The number of aromatic nitrogens is 3. The number of hydrogen-bond acceptors (Lipinski definition) is 4. The van der Waals surface area contributed by atoms with Gasteiger partial charge in [0.15, 0.2) is 11.6 Å². The van der Waals surface area contributed by atoms with E-state index in [1.165, 1.54) is 4.98 Å². The normalized spacial score (nSPS) is 15.4. The molecule has 1 heterocycles. The quantitative estimate of drug-likeness (QED) is 0.440. The van der Waals surface area contributed by atoms with Gasteiger partial charge in [0.1, 0.15) is 0 Å². The third kappa shape index (κ3) is 4.35. The minimum Gasteiger partial charge on any atom is -0.347 e. The minimum absolute atomic E-state index is 0.156. The molecule has 0 unspecified atom stereocenters. The van der Waals surface area contributed by atoms with E-state index in [0.717, 1.165) is 0 Å². The van der Waals surface area contributed by atoms with Crippen LogP contribution in [0.4, 0.5) is 85.0 Å². The molecule has 1 aromatic rings. The van der Waals surface area contributed by atoms with Crippen molar-refractivity contribution >= 4 is 5.95 Å². The van der Waals surface area contributed by atoms with Crippen molar-refractivity contribution in [2.75, 3.05) is 19.0 Å². The van der Waals surface area contributed by atoms with E-state index in [9.17, 15) is 79.0 Å². The maximum atomic E-state index is 13.3. The molecule has 0 atom stereocenters. The molecule has 204 valence electrons. The van der Waals surface area contributed by atoms with Crippen LogP contribution < -0.4 is 4.90 Å². The Kier molecular flexibility index (Phi) is 7.02. The van der Waals surface area contributed by atoms with Crippen LogP contribution in [0.1, 0.15) is 11.6 Å². The second-order valence-corrected chi connectivity index (χ2v) is 6.66. The van der Waals surface area contributed by atoms with Gasteiger partial charge in [-0.15, -0.1) is 0 Å². The summed E-state index contributed by atoms with van der Waals surface area (Å²) in [7, 11) is 0.714. The number of anilines is 1. The molecular formula is C13H6F18N4. The predicted octanol–water partition coefficient (Wildman–Crippen LogP) is 5.79. The van der Waals surface area contributed by atoms with Gasteiger partial charge in [0, 0.05) is 14.1 Å². The maximum Gasteiger partial charge on any atom is 0.419 e. The maximum absolute atomic E-state index is 13.3. The highest BCUT2D eigenvalue weighted by Crippen LogP contribution is 2.62. The van der Waals surface area contributed by atoms with E-state index in [-0.39, 0.29) is 4.90 Å². The van der Waals surface area contributed by atoms with Crippen LogP contribution in [0.3, 0.4) is 0 Å². The Morgan fingerprint density at radius 1 is 0.400 bits per heavy atom. The highest BCUT2D eigenvalue weighted by Gasteiger charge is 2.89. The van der Waals surface area contributed by atoms with Gasteiger partial charge in [0.2, 0.25) is 5.95 Å². The Morgan fingerprint density at radius 3 is 0.743 bits per heavy atom. The van der Waals surface area contributed by atoms with E-state index >= 15 is 0 Å². The van der Waals surface area contributed by atoms with E-state index < -0.39 is 65.5 Å². The monoisotopic (exact) mass is 560 g/mol. The molecule has 0 bridgehead atoms. The largest absolute Gasteiger partial charge is 0.419 e. The average molecular weight is 560 g/mol. The number of nitrogens with zero attached hydrogens (tertiary/aromatic N) is 4. The van der Waals surface area contributed by atoms with E-state index in [1.807, 2.05) is 9.97 Å². The fourth-order valence-electron chi connectivity index (χ4n) is 2.63. The van der Waals surface area contributed by atoms with Gasteiger partial charge in [-0.3, -0.25) is 0 Å². The highest BCUT2D eigenvalue weighted by atomic mass is 19.4. The van der Waals surface area contributed by atoms with Crippen LogP contribution in [-0.4, -0.2) is 66.1 Å². The molecule has 0 fully saturated rings. The van der Waals surface area contributed by atoms with Crippen molar-refractivity contribution in [3.63, 3.8) is 0 Å². The first-order valence-electron chi connectivity index (χ1n) is 7.86. The summed E-state index contributed by atoms with van der Waals surface area (Å²) >= 11 is 0. The van der Waals surface area contributed by atoms with Gasteiger partial charge in [-0.1, -0.05) is 0 Å². The van der Waals surface area contributed by atoms with Crippen LogP contribution in [0, 0.1) is 0 Å². The number of halogens is 18. The van der Waals surface area contributed by atoms with Crippen LogP contribution in [-0.2, 0) is 10.8 Å². The molecular weight excluding hydrogens is 554 g/mol. The topological polar surface area (TPSA) is 41.9 Å². The van der Waals surface area contributed by atoms with Crippen LogP contribution in [0.5, 0.6) is 0 Å². The minimum atomic E-state index is -7.69. The second kappa shape index (κ2) is 8.03. The first-order valence-corrected chi connectivity index (χ1v) is 7.86. The van der Waals surface area contributed by atoms with Crippen molar-refractivity contribution in [2.24, 2.45) is 0 Å². The Labute approximate surface area is 179 Å². The van der Waals surface area contributed by atoms with Crippen molar-refractivity contribution in [3.05, 3.63) is 11.6 Å². The Hall–Kier alpha value is -2.45. The van der Waals surface area contributed by atoms with Gasteiger partial charge in [-0.05, 0) is 0 Å². The van der Waals surface area contributed by atoms with E-state index in [1.54, 1.807) is 0 Å².